The number of piperazine rings is 1. The van der Waals surface area contributed by atoms with Gasteiger partial charge in [-0.1, -0.05) is 22.8 Å². The third-order valence-corrected chi connectivity index (χ3v) is 5.09. The highest BCUT2D eigenvalue weighted by Gasteiger charge is 2.31. The fraction of sp³-hybridized carbons (Fsp3) is 0.300. The molecule has 0 bridgehead atoms. The van der Waals surface area contributed by atoms with E-state index in [0.717, 1.165) is 11.6 Å². The Kier molecular flexibility index (Phi) is 5.47. The summed E-state index contributed by atoms with van der Waals surface area (Å²) in [5.41, 5.74) is 0.755. The van der Waals surface area contributed by atoms with Crippen molar-refractivity contribution in [1.29, 1.82) is 0 Å². The van der Waals surface area contributed by atoms with Crippen molar-refractivity contribution in [3.63, 3.8) is 0 Å². The average Bonchev–Trinajstić information content (AvgIpc) is 3.17. The van der Waals surface area contributed by atoms with Crippen LogP contribution < -0.4 is 4.90 Å². The predicted molar refractivity (Wildman–Crippen MR) is 104 cm³/mol. The lowest BCUT2D eigenvalue weighted by Crippen LogP contribution is -2.46. The molecule has 0 saturated carbocycles. The Morgan fingerprint density at radius 2 is 1.72 bits per heavy atom. The van der Waals surface area contributed by atoms with Crippen LogP contribution in [0, 0.1) is 0 Å². The molecule has 29 heavy (non-hydrogen) atoms. The summed E-state index contributed by atoms with van der Waals surface area (Å²) in [6, 6.07) is 12.6. The van der Waals surface area contributed by atoms with E-state index in [9.17, 15) is 13.2 Å². The van der Waals surface area contributed by atoms with Crippen LogP contribution in [0.5, 0.6) is 0 Å². The van der Waals surface area contributed by atoms with Crippen LogP contribution in [-0.4, -0.2) is 41.2 Å². The summed E-state index contributed by atoms with van der Waals surface area (Å²) < 4.78 is 44.1. The van der Waals surface area contributed by atoms with Gasteiger partial charge >= 0.3 is 6.18 Å². The van der Waals surface area contributed by atoms with Crippen molar-refractivity contribution in [2.75, 3.05) is 31.1 Å². The van der Waals surface area contributed by atoms with Crippen molar-refractivity contribution in [3.05, 3.63) is 64.9 Å². The first-order chi connectivity index (χ1) is 13.9. The number of hydrogen-bond acceptors (Lipinski definition) is 5. The molecule has 0 unspecified atom stereocenters. The number of benzene rings is 2. The molecule has 0 radical (unpaired) electrons. The molecular weight excluding hydrogens is 405 g/mol. The van der Waals surface area contributed by atoms with Gasteiger partial charge in [-0.3, -0.25) is 4.90 Å². The van der Waals surface area contributed by atoms with E-state index in [-0.39, 0.29) is 0 Å². The second-order valence-electron chi connectivity index (χ2n) is 6.83. The van der Waals surface area contributed by atoms with E-state index in [1.807, 2.05) is 17.0 Å². The maximum Gasteiger partial charge on any atom is 0.416 e. The van der Waals surface area contributed by atoms with Gasteiger partial charge in [0.05, 0.1) is 12.1 Å². The smallest absolute Gasteiger partial charge is 0.369 e. The largest absolute Gasteiger partial charge is 0.416 e. The maximum atomic E-state index is 12.9. The van der Waals surface area contributed by atoms with E-state index in [0.29, 0.717) is 55.1 Å². The molecule has 0 aliphatic carbocycles. The fourth-order valence-corrected chi connectivity index (χ4v) is 3.40. The highest BCUT2D eigenvalue weighted by atomic mass is 35.5. The van der Waals surface area contributed by atoms with Gasteiger partial charge in [0, 0.05) is 42.5 Å². The van der Waals surface area contributed by atoms with E-state index >= 15 is 0 Å². The number of rotatable bonds is 4. The molecule has 1 saturated heterocycles. The Balaban J connectivity index is 1.35. The van der Waals surface area contributed by atoms with E-state index in [1.54, 1.807) is 18.2 Å². The zero-order valence-electron chi connectivity index (χ0n) is 15.4. The molecular formula is C20H18ClF3N4O. The van der Waals surface area contributed by atoms with Crippen LogP contribution in [0.15, 0.2) is 53.1 Å². The zero-order valence-corrected chi connectivity index (χ0v) is 16.1. The second kappa shape index (κ2) is 8.04. The van der Waals surface area contributed by atoms with Gasteiger partial charge in [0.25, 0.3) is 5.89 Å². The lowest BCUT2D eigenvalue weighted by molar-refractivity contribution is -0.137. The van der Waals surface area contributed by atoms with Crippen molar-refractivity contribution in [1.82, 2.24) is 15.0 Å². The SMILES string of the molecule is FC(F)(F)c1cccc(N2CCN(Cc3noc(-c4ccc(Cl)cc4)n3)CC2)c1. The molecule has 0 atom stereocenters. The molecule has 1 aromatic heterocycles. The van der Waals surface area contributed by atoms with Gasteiger partial charge in [-0.2, -0.15) is 18.2 Å². The van der Waals surface area contributed by atoms with Crippen LogP contribution in [0.2, 0.25) is 5.02 Å². The first-order valence-corrected chi connectivity index (χ1v) is 9.49. The normalized spacial score (nSPS) is 15.7. The van der Waals surface area contributed by atoms with Gasteiger partial charge < -0.3 is 9.42 Å². The van der Waals surface area contributed by atoms with Crippen molar-refractivity contribution in [2.24, 2.45) is 0 Å². The van der Waals surface area contributed by atoms with E-state index in [4.69, 9.17) is 16.1 Å². The first kappa shape index (κ1) is 19.7. The molecule has 2 aromatic carbocycles. The number of aromatic nitrogens is 2. The Bertz CT molecular complexity index is 966. The molecule has 5 nitrogen and oxygen atoms in total. The molecule has 2 heterocycles. The summed E-state index contributed by atoms with van der Waals surface area (Å²) in [5.74, 6) is 1.00. The van der Waals surface area contributed by atoms with Gasteiger partial charge in [0.2, 0.25) is 0 Å². The molecule has 0 amide bonds. The molecule has 9 heteroatoms. The lowest BCUT2D eigenvalue weighted by atomic mass is 10.1. The molecule has 1 aliphatic rings. The molecule has 1 fully saturated rings. The first-order valence-electron chi connectivity index (χ1n) is 9.11. The maximum absolute atomic E-state index is 12.9. The van der Waals surface area contributed by atoms with Crippen LogP contribution in [0.4, 0.5) is 18.9 Å². The Morgan fingerprint density at radius 3 is 2.41 bits per heavy atom. The van der Waals surface area contributed by atoms with E-state index in [2.05, 4.69) is 15.0 Å². The Labute approximate surface area is 170 Å². The fourth-order valence-electron chi connectivity index (χ4n) is 3.27. The van der Waals surface area contributed by atoms with Crippen molar-refractivity contribution in [3.8, 4) is 11.5 Å². The monoisotopic (exact) mass is 422 g/mol. The van der Waals surface area contributed by atoms with Gasteiger partial charge in [-0.05, 0) is 42.5 Å². The Hall–Kier alpha value is -2.58. The summed E-state index contributed by atoms with van der Waals surface area (Å²) in [6.45, 7) is 3.17. The number of hydrogen-bond donors (Lipinski definition) is 0. The average molecular weight is 423 g/mol. The number of nitrogens with zero attached hydrogens (tertiary/aromatic N) is 4. The van der Waals surface area contributed by atoms with Crippen molar-refractivity contribution < 1.29 is 17.7 Å². The van der Waals surface area contributed by atoms with Gasteiger partial charge in [-0.25, -0.2) is 0 Å². The van der Waals surface area contributed by atoms with Crippen molar-refractivity contribution in [2.45, 2.75) is 12.7 Å². The molecule has 152 valence electrons. The summed E-state index contributed by atoms with van der Waals surface area (Å²) in [5, 5.41) is 4.66. The molecule has 0 N–H and O–H groups in total. The van der Waals surface area contributed by atoms with Gasteiger partial charge in [-0.15, -0.1) is 0 Å². The highest BCUT2D eigenvalue weighted by Crippen LogP contribution is 2.32. The number of alkyl halides is 3. The van der Waals surface area contributed by atoms with Crippen LogP contribution in [0.1, 0.15) is 11.4 Å². The quantitative estimate of drug-likeness (QED) is 0.608. The zero-order chi connectivity index (χ0) is 20.4. The van der Waals surface area contributed by atoms with Gasteiger partial charge in [0.15, 0.2) is 5.82 Å². The van der Waals surface area contributed by atoms with E-state index < -0.39 is 11.7 Å². The predicted octanol–water partition coefficient (Wildman–Crippen LogP) is 4.73. The lowest BCUT2D eigenvalue weighted by Gasteiger charge is -2.35. The minimum Gasteiger partial charge on any atom is -0.369 e. The third-order valence-electron chi connectivity index (χ3n) is 4.84. The minimum absolute atomic E-state index is 0.430. The summed E-state index contributed by atoms with van der Waals surface area (Å²) in [7, 11) is 0. The summed E-state index contributed by atoms with van der Waals surface area (Å²) >= 11 is 5.89. The van der Waals surface area contributed by atoms with Crippen LogP contribution in [0.3, 0.4) is 0 Å². The summed E-state index contributed by atoms with van der Waals surface area (Å²) in [6.07, 6.45) is -4.34. The molecule has 4 rings (SSSR count). The van der Waals surface area contributed by atoms with Crippen LogP contribution in [0.25, 0.3) is 11.5 Å². The van der Waals surface area contributed by atoms with Crippen LogP contribution in [-0.2, 0) is 12.7 Å². The van der Waals surface area contributed by atoms with Gasteiger partial charge in [0.1, 0.15) is 0 Å². The number of halogens is 4. The van der Waals surface area contributed by atoms with E-state index in [1.165, 1.54) is 12.1 Å². The number of anilines is 1. The molecule has 0 spiro atoms. The third kappa shape index (κ3) is 4.71. The molecule has 1 aliphatic heterocycles. The standard InChI is InChI=1S/C20H18ClF3N4O/c21-16-6-4-14(5-7-16)19-25-18(26-29-19)13-27-8-10-28(11-9-27)17-3-1-2-15(12-17)20(22,23)24/h1-7,12H,8-11,13H2. The molecule has 3 aromatic rings. The topological polar surface area (TPSA) is 45.4 Å². The minimum atomic E-state index is -4.34. The highest BCUT2D eigenvalue weighted by molar-refractivity contribution is 6.30. The summed E-state index contributed by atoms with van der Waals surface area (Å²) in [4.78, 5) is 8.53. The second-order valence-corrected chi connectivity index (χ2v) is 7.27. The Morgan fingerprint density at radius 1 is 1.00 bits per heavy atom. The van der Waals surface area contributed by atoms with Crippen LogP contribution >= 0.6 is 11.6 Å². The van der Waals surface area contributed by atoms with Crippen molar-refractivity contribution >= 4 is 17.3 Å².